The van der Waals surface area contributed by atoms with Crippen LogP contribution in [0.4, 0.5) is 0 Å². The summed E-state index contributed by atoms with van der Waals surface area (Å²) < 4.78 is 0.747. The van der Waals surface area contributed by atoms with Gasteiger partial charge in [-0.15, -0.1) is 0 Å². The molecule has 2 nitrogen and oxygen atoms in total. The van der Waals surface area contributed by atoms with Crippen LogP contribution in [0.5, 0.6) is 0 Å². The number of carbonyl (C=O) groups excluding carboxylic acids is 1. The largest absolute Gasteiger partial charge is 0.294 e. The molecule has 19 heavy (non-hydrogen) atoms. The smallest absolute Gasteiger partial charge is 0.228 e. The average molecular weight is 293 g/mol. The Hall–Kier alpha value is -0.870. The minimum absolute atomic E-state index is 0.164. The Labute approximate surface area is 124 Å². The maximum absolute atomic E-state index is 12.4. The highest BCUT2D eigenvalue weighted by atomic mass is 32.2. The predicted molar refractivity (Wildman–Crippen MR) is 85.3 cm³/mol. The highest BCUT2D eigenvalue weighted by molar-refractivity contribution is 8.23. The van der Waals surface area contributed by atoms with E-state index in [1.807, 2.05) is 23.1 Å². The van der Waals surface area contributed by atoms with Gasteiger partial charge in [-0.05, 0) is 17.9 Å². The zero-order chi connectivity index (χ0) is 13.8. The van der Waals surface area contributed by atoms with Crippen LogP contribution in [0.25, 0.3) is 0 Å². The number of amides is 1. The van der Waals surface area contributed by atoms with Gasteiger partial charge in [0.2, 0.25) is 5.91 Å². The van der Waals surface area contributed by atoms with Gasteiger partial charge >= 0.3 is 0 Å². The first-order valence-electron chi connectivity index (χ1n) is 6.62. The van der Waals surface area contributed by atoms with E-state index in [0.717, 1.165) is 16.5 Å². The van der Waals surface area contributed by atoms with Gasteiger partial charge in [0.15, 0.2) is 0 Å². The molecule has 1 aromatic carbocycles. The van der Waals surface area contributed by atoms with E-state index in [1.165, 1.54) is 5.56 Å². The first-order valence-corrected chi connectivity index (χ1v) is 8.01. The highest BCUT2D eigenvalue weighted by Gasteiger charge is 2.35. The maximum Gasteiger partial charge on any atom is 0.228 e. The van der Waals surface area contributed by atoms with E-state index in [2.05, 4.69) is 26.0 Å². The Morgan fingerprint density at radius 2 is 2.11 bits per heavy atom. The molecule has 0 aliphatic carbocycles. The summed E-state index contributed by atoms with van der Waals surface area (Å²) in [7, 11) is 0. The van der Waals surface area contributed by atoms with Crippen molar-refractivity contribution >= 4 is 34.2 Å². The molecular formula is C15H19NOS2. The summed E-state index contributed by atoms with van der Waals surface area (Å²) in [6.07, 6.45) is 1.32. The van der Waals surface area contributed by atoms with E-state index >= 15 is 0 Å². The molecule has 0 unspecified atom stereocenters. The van der Waals surface area contributed by atoms with Crippen LogP contribution in [0.3, 0.4) is 0 Å². The third-order valence-electron chi connectivity index (χ3n) is 3.41. The predicted octanol–water partition coefficient (Wildman–Crippen LogP) is 3.50. The van der Waals surface area contributed by atoms with Gasteiger partial charge in [-0.3, -0.25) is 9.69 Å². The van der Waals surface area contributed by atoms with Crippen molar-refractivity contribution in [1.29, 1.82) is 0 Å². The lowest BCUT2D eigenvalue weighted by Crippen LogP contribution is -2.41. The van der Waals surface area contributed by atoms with Crippen LogP contribution in [0.15, 0.2) is 30.3 Å². The number of benzene rings is 1. The zero-order valence-corrected chi connectivity index (χ0v) is 13.0. The average Bonchev–Trinajstić information content (AvgIpc) is 2.79. The van der Waals surface area contributed by atoms with E-state index in [-0.39, 0.29) is 11.9 Å². The summed E-state index contributed by atoms with van der Waals surface area (Å²) in [5.41, 5.74) is 1.20. The second kappa shape index (κ2) is 6.53. The molecule has 0 spiro atoms. The molecule has 1 aliphatic heterocycles. The molecule has 0 N–H and O–H groups in total. The maximum atomic E-state index is 12.4. The summed E-state index contributed by atoms with van der Waals surface area (Å²) in [6, 6.07) is 10.4. The molecule has 0 aromatic heterocycles. The monoisotopic (exact) mass is 293 g/mol. The molecule has 1 atom stereocenters. The summed E-state index contributed by atoms with van der Waals surface area (Å²) in [6.45, 7) is 4.30. The molecular weight excluding hydrogens is 274 g/mol. The fourth-order valence-corrected chi connectivity index (χ4v) is 3.89. The molecule has 1 aromatic rings. The number of aryl methyl sites for hydroxylation is 1. The lowest BCUT2D eigenvalue weighted by Gasteiger charge is -2.26. The molecule has 1 saturated heterocycles. The van der Waals surface area contributed by atoms with Gasteiger partial charge in [-0.2, -0.15) is 0 Å². The SMILES string of the molecule is CC(C)[C@H]1CSC(=S)N1C(=O)CCc1ccccc1. The Morgan fingerprint density at radius 3 is 2.74 bits per heavy atom. The zero-order valence-electron chi connectivity index (χ0n) is 11.3. The second-order valence-corrected chi connectivity index (χ2v) is 6.79. The minimum atomic E-state index is 0.164. The van der Waals surface area contributed by atoms with Gasteiger partial charge in [0, 0.05) is 18.2 Å². The first-order chi connectivity index (χ1) is 9.09. The summed E-state index contributed by atoms with van der Waals surface area (Å²) >= 11 is 6.94. The van der Waals surface area contributed by atoms with E-state index in [9.17, 15) is 4.79 Å². The number of hydrogen-bond donors (Lipinski definition) is 0. The Balaban J connectivity index is 1.97. The quantitative estimate of drug-likeness (QED) is 0.792. The van der Waals surface area contributed by atoms with Crippen molar-refractivity contribution in [2.75, 3.05) is 5.75 Å². The number of rotatable bonds is 4. The van der Waals surface area contributed by atoms with Crippen molar-refractivity contribution in [2.45, 2.75) is 32.7 Å². The van der Waals surface area contributed by atoms with Gasteiger partial charge in [0.1, 0.15) is 4.32 Å². The van der Waals surface area contributed by atoms with E-state index in [4.69, 9.17) is 12.2 Å². The Morgan fingerprint density at radius 1 is 1.42 bits per heavy atom. The van der Waals surface area contributed by atoms with Crippen molar-refractivity contribution in [2.24, 2.45) is 5.92 Å². The third-order valence-corrected chi connectivity index (χ3v) is 4.92. The molecule has 0 radical (unpaired) electrons. The molecule has 0 saturated carbocycles. The summed E-state index contributed by atoms with van der Waals surface area (Å²) in [5, 5.41) is 0. The van der Waals surface area contributed by atoms with Crippen LogP contribution in [-0.2, 0) is 11.2 Å². The number of thioether (sulfide) groups is 1. The van der Waals surface area contributed by atoms with E-state index < -0.39 is 0 Å². The molecule has 1 fully saturated rings. The van der Waals surface area contributed by atoms with Crippen LogP contribution < -0.4 is 0 Å². The molecule has 4 heteroatoms. The van der Waals surface area contributed by atoms with Crippen molar-refractivity contribution in [3.05, 3.63) is 35.9 Å². The number of hydrogen-bond acceptors (Lipinski definition) is 3. The molecule has 1 heterocycles. The minimum Gasteiger partial charge on any atom is -0.294 e. The molecule has 0 bridgehead atoms. The molecule has 102 valence electrons. The van der Waals surface area contributed by atoms with Gasteiger partial charge in [-0.25, -0.2) is 0 Å². The van der Waals surface area contributed by atoms with Gasteiger partial charge in [-0.1, -0.05) is 68.2 Å². The Bertz CT molecular complexity index is 458. The number of carbonyl (C=O) groups is 1. The summed E-state index contributed by atoms with van der Waals surface area (Å²) in [4.78, 5) is 14.2. The van der Waals surface area contributed by atoms with Crippen LogP contribution in [0.2, 0.25) is 0 Å². The number of thiocarbonyl (C=S) groups is 1. The fraction of sp³-hybridized carbons (Fsp3) is 0.467. The van der Waals surface area contributed by atoms with Crippen molar-refractivity contribution in [3.63, 3.8) is 0 Å². The Kier molecular flexibility index (Phi) is 4.99. The molecule has 1 aliphatic rings. The topological polar surface area (TPSA) is 20.3 Å². The van der Waals surface area contributed by atoms with Crippen LogP contribution in [0.1, 0.15) is 25.8 Å². The third kappa shape index (κ3) is 3.57. The standard InChI is InChI=1S/C15H19NOS2/c1-11(2)13-10-19-15(18)16(13)14(17)9-8-12-6-4-3-5-7-12/h3-7,11,13H,8-10H2,1-2H3/t13-/m1/s1. The lowest BCUT2D eigenvalue weighted by molar-refractivity contribution is -0.128. The van der Waals surface area contributed by atoms with Crippen molar-refractivity contribution in [1.82, 2.24) is 4.90 Å². The van der Waals surface area contributed by atoms with Gasteiger partial charge < -0.3 is 0 Å². The molecule has 1 amide bonds. The lowest BCUT2D eigenvalue weighted by atomic mass is 10.0. The van der Waals surface area contributed by atoms with E-state index in [0.29, 0.717) is 12.3 Å². The van der Waals surface area contributed by atoms with Gasteiger partial charge in [0.05, 0.1) is 0 Å². The van der Waals surface area contributed by atoms with Crippen molar-refractivity contribution < 1.29 is 4.79 Å². The fourth-order valence-electron chi connectivity index (χ4n) is 2.23. The van der Waals surface area contributed by atoms with Gasteiger partial charge in [0.25, 0.3) is 0 Å². The van der Waals surface area contributed by atoms with Crippen LogP contribution in [-0.4, -0.2) is 26.9 Å². The second-order valence-electron chi connectivity index (χ2n) is 5.14. The van der Waals surface area contributed by atoms with E-state index in [1.54, 1.807) is 11.8 Å². The van der Waals surface area contributed by atoms with Crippen LogP contribution in [0, 0.1) is 5.92 Å². The highest BCUT2D eigenvalue weighted by Crippen LogP contribution is 2.29. The summed E-state index contributed by atoms with van der Waals surface area (Å²) in [5.74, 6) is 1.55. The number of nitrogens with zero attached hydrogens (tertiary/aromatic N) is 1. The normalized spacial score (nSPS) is 19.2. The first kappa shape index (κ1) is 14.5. The van der Waals surface area contributed by atoms with Crippen molar-refractivity contribution in [3.8, 4) is 0 Å². The molecule has 2 rings (SSSR count). The van der Waals surface area contributed by atoms with Crippen LogP contribution >= 0.6 is 24.0 Å².